The van der Waals surface area contributed by atoms with Crippen LogP contribution in [0.1, 0.15) is 38.3 Å². The molecule has 2 aromatic rings. The number of hydrogen-bond acceptors (Lipinski definition) is 5. The highest BCUT2D eigenvalue weighted by Crippen LogP contribution is 2.15. The van der Waals surface area contributed by atoms with Crippen molar-refractivity contribution < 1.29 is 33.3 Å². The lowest BCUT2D eigenvalue weighted by atomic mass is 10.1. The minimum atomic E-state index is -0.991. The largest absolute Gasteiger partial charge is 0.492 e. The number of ether oxygens (including phenoxy) is 3. The minimum Gasteiger partial charge on any atom is -0.492 e. The van der Waals surface area contributed by atoms with Gasteiger partial charge in [-0.25, -0.2) is 14.0 Å². The van der Waals surface area contributed by atoms with Crippen LogP contribution in [0, 0.1) is 5.82 Å². The van der Waals surface area contributed by atoms with E-state index in [9.17, 15) is 19.1 Å². The molecule has 0 aliphatic heterocycles. The number of amides is 2. The molecule has 2 aromatic carbocycles. The molecule has 0 radical (unpaired) electrons. The van der Waals surface area contributed by atoms with E-state index in [0.717, 1.165) is 17.5 Å². The molecular formula is C27H37FN2O6. The zero-order valence-electron chi connectivity index (χ0n) is 21.2. The number of rotatable bonds is 16. The molecule has 2 N–H and O–H groups in total. The summed E-state index contributed by atoms with van der Waals surface area (Å²) in [4.78, 5) is 25.6. The molecule has 2 unspecified atom stereocenters. The highest BCUT2D eigenvalue weighted by atomic mass is 19.1. The van der Waals surface area contributed by atoms with Crippen LogP contribution in [0.25, 0.3) is 0 Å². The third-order valence-electron chi connectivity index (χ3n) is 5.57. The van der Waals surface area contributed by atoms with Crippen LogP contribution in [0.5, 0.6) is 5.75 Å². The van der Waals surface area contributed by atoms with E-state index in [1.807, 2.05) is 13.8 Å². The fraction of sp³-hybridized carbons (Fsp3) is 0.481. The predicted molar refractivity (Wildman–Crippen MR) is 135 cm³/mol. The van der Waals surface area contributed by atoms with Crippen molar-refractivity contribution in [2.45, 2.75) is 52.4 Å². The van der Waals surface area contributed by atoms with Crippen LogP contribution < -0.4 is 10.1 Å². The fourth-order valence-corrected chi connectivity index (χ4v) is 3.29. The SMILES string of the molecule is CCOC(Cc1ccc(OCCN(CCOCc2ccc(F)cc2)C(=O)NC(C)CC)cc1)C(=O)O. The van der Waals surface area contributed by atoms with Crippen molar-refractivity contribution in [3.63, 3.8) is 0 Å². The molecule has 8 nitrogen and oxygen atoms in total. The second-order valence-corrected chi connectivity index (χ2v) is 8.40. The molecular weight excluding hydrogens is 467 g/mol. The molecule has 9 heteroatoms. The molecule has 0 aromatic heterocycles. The molecule has 0 saturated heterocycles. The van der Waals surface area contributed by atoms with Crippen LogP contribution in [0.4, 0.5) is 9.18 Å². The first-order chi connectivity index (χ1) is 17.3. The van der Waals surface area contributed by atoms with E-state index in [4.69, 9.17) is 14.2 Å². The van der Waals surface area contributed by atoms with Gasteiger partial charge in [0, 0.05) is 25.6 Å². The first kappa shape index (κ1) is 29.1. The summed E-state index contributed by atoms with van der Waals surface area (Å²) >= 11 is 0. The smallest absolute Gasteiger partial charge is 0.333 e. The normalized spacial score (nSPS) is 12.6. The number of carbonyl (C=O) groups excluding carboxylic acids is 1. The number of nitrogens with zero attached hydrogens (tertiary/aromatic N) is 1. The van der Waals surface area contributed by atoms with Crippen LogP contribution in [-0.2, 0) is 27.3 Å². The van der Waals surface area contributed by atoms with Crippen molar-refractivity contribution in [2.75, 3.05) is 32.9 Å². The van der Waals surface area contributed by atoms with Crippen molar-refractivity contribution in [2.24, 2.45) is 0 Å². The van der Waals surface area contributed by atoms with Gasteiger partial charge in [-0.05, 0) is 55.7 Å². The Kier molecular flexibility index (Phi) is 12.7. The number of carbonyl (C=O) groups is 2. The maximum absolute atomic E-state index is 13.0. The summed E-state index contributed by atoms with van der Waals surface area (Å²) in [6, 6.07) is 13.1. The number of carboxylic acids is 1. The summed E-state index contributed by atoms with van der Waals surface area (Å²) in [5, 5.41) is 12.2. The third kappa shape index (κ3) is 10.6. The topological polar surface area (TPSA) is 97.3 Å². The Bertz CT molecular complexity index is 923. The maximum Gasteiger partial charge on any atom is 0.333 e. The molecule has 2 amide bonds. The van der Waals surface area contributed by atoms with Crippen molar-refractivity contribution in [1.82, 2.24) is 10.2 Å². The number of nitrogens with one attached hydrogen (secondary N) is 1. The van der Waals surface area contributed by atoms with E-state index in [1.54, 1.807) is 48.2 Å². The van der Waals surface area contributed by atoms with Crippen LogP contribution >= 0.6 is 0 Å². The van der Waals surface area contributed by atoms with Gasteiger partial charge in [-0.1, -0.05) is 31.2 Å². The Morgan fingerprint density at radius 1 is 1.00 bits per heavy atom. The summed E-state index contributed by atoms with van der Waals surface area (Å²) in [7, 11) is 0. The van der Waals surface area contributed by atoms with Gasteiger partial charge in [-0.2, -0.15) is 0 Å². The zero-order valence-corrected chi connectivity index (χ0v) is 21.2. The van der Waals surface area contributed by atoms with Crippen molar-refractivity contribution in [3.05, 3.63) is 65.5 Å². The average molecular weight is 505 g/mol. The number of urea groups is 1. The molecule has 2 rings (SSSR count). The highest BCUT2D eigenvalue weighted by Gasteiger charge is 2.18. The van der Waals surface area contributed by atoms with Crippen LogP contribution in [0.15, 0.2) is 48.5 Å². The van der Waals surface area contributed by atoms with Gasteiger partial charge in [0.15, 0.2) is 6.10 Å². The lowest BCUT2D eigenvalue weighted by Gasteiger charge is -2.25. The Morgan fingerprint density at radius 3 is 2.25 bits per heavy atom. The monoisotopic (exact) mass is 504 g/mol. The minimum absolute atomic E-state index is 0.0416. The van der Waals surface area contributed by atoms with E-state index in [-0.39, 0.29) is 30.9 Å². The van der Waals surface area contributed by atoms with Crippen LogP contribution in [-0.4, -0.2) is 67.1 Å². The summed E-state index contributed by atoms with van der Waals surface area (Å²) in [6.45, 7) is 7.70. The van der Waals surface area contributed by atoms with Crippen LogP contribution in [0.2, 0.25) is 0 Å². The molecule has 0 spiro atoms. The molecule has 0 saturated carbocycles. The van der Waals surface area contributed by atoms with E-state index in [1.165, 1.54) is 12.1 Å². The molecule has 0 aliphatic carbocycles. The average Bonchev–Trinajstić information content (AvgIpc) is 2.86. The third-order valence-corrected chi connectivity index (χ3v) is 5.57. The van der Waals surface area contributed by atoms with E-state index in [2.05, 4.69) is 5.32 Å². The number of hydrogen-bond donors (Lipinski definition) is 2. The molecule has 0 heterocycles. The first-order valence-electron chi connectivity index (χ1n) is 12.3. The van der Waals surface area contributed by atoms with Gasteiger partial charge in [0.25, 0.3) is 0 Å². The zero-order chi connectivity index (χ0) is 26.3. The molecule has 198 valence electrons. The maximum atomic E-state index is 13.0. The lowest BCUT2D eigenvalue weighted by molar-refractivity contribution is -0.149. The Morgan fingerprint density at radius 2 is 1.64 bits per heavy atom. The predicted octanol–water partition coefficient (Wildman–Crippen LogP) is 4.26. The molecule has 0 bridgehead atoms. The second-order valence-electron chi connectivity index (χ2n) is 8.40. The summed E-state index contributed by atoms with van der Waals surface area (Å²) in [5.74, 6) is -0.664. The van der Waals surface area contributed by atoms with E-state index < -0.39 is 12.1 Å². The van der Waals surface area contributed by atoms with E-state index >= 15 is 0 Å². The van der Waals surface area contributed by atoms with E-state index in [0.29, 0.717) is 38.7 Å². The molecule has 0 fully saturated rings. The molecule has 0 aliphatic rings. The Labute approximate surface area is 212 Å². The van der Waals surface area contributed by atoms with Crippen LogP contribution in [0.3, 0.4) is 0 Å². The number of aliphatic carboxylic acids is 1. The van der Waals surface area contributed by atoms with Crippen molar-refractivity contribution >= 4 is 12.0 Å². The summed E-state index contributed by atoms with van der Waals surface area (Å²) in [5.41, 5.74) is 1.69. The van der Waals surface area contributed by atoms with Gasteiger partial charge >= 0.3 is 12.0 Å². The van der Waals surface area contributed by atoms with Gasteiger partial charge in [0.2, 0.25) is 0 Å². The van der Waals surface area contributed by atoms with Gasteiger partial charge in [-0.15, -0.1) is 0 Å². The first-order valence-corrected chi connectivity index (χ1v) is 12.3. The van der Waals surface area contributed by atoms with Gasteiger partial charge < -0.3 is 29.5 Å². The van der Waals surface area contributed by atoms with Crippen molar-refractivity contribution in [3.8, 4) is 5.75 Å². The molecule has 2 atom stereocenters. The quantitative estimate of drug-likeness (QED) is 0.332. The number of carboxylic acid groups (broad SMARTS) is 1. The van der Waals surface area contributed by atoms with Gasteiger partial charge in [-0.3, -0.25) is 0 Å². The number of halogens is 1. The standard InChI is InChI=1S/C27H37FN2O6/c1-4-20(3)29-27(33)30(14-16-34-19-22-6-10-23(28)11-7-22)15-17-36-24-12-8-21(9-13-24)18-25(26(31)32)35-5-2/h6-13,20,25H,4-5,14-19H2,1-3H3,(H,29,33)(H,31,32). The van der Waals surface area contributed by atoms with Gasteiger partial charge in [0.1, 0.15) is 18.2 Å². The number of benzene rings is 2. The molecule has 36 heavy (non-hydrogen) atoms. The Hall–Kier alpha value is -3.17. The second kappa shape index (κ2) is 15.7. The highest BCUT2D eigenvalue weighted by molar-refractivity contribution is 5.74. The summed E-state index contributed by atoms with van der Waals surface area (Å²) < 4.78 is 29.8. The Balaban J connectivity index is 1.85. The van der Waals surface area contributed by atoms with Crippen molar-refractivity contribution in [1.29, 1.82) is 0 Å². The van der Waals surface area contributed by atoms with Gasteiger partial charge in [0.05, 0.1) is 19.8 Å². The fourth-order valence-electron chi connectivity index (χ4n) is 3.29. The summed E-state index contributed by atoms with van der Waals surface area (Å²) in [6.07, 6.45) is 0.199. The lowest BCUT2D eigenvalue weighted by Crippen LogP contribution is -2.46.